The first-order chi connectivity index (χ1) is 13.8. The molecule has 1 heterocycles. The van der Waals surface area contributed by atoms with Gasteiger partial charge in [-0.2, -0.15) is 0 Å². The van der Waals surface area contributed by atoms with Gasteiger partial charge in [-0.3, -0.25) is 0 Å². The van der Waals surface area contributed by atoms with Gasteiger partial charge in [-0.25, -0.2) is 4.79 Å². The molecule has 1 unspecified atom stereocenters. The molecule has 0 radical (unpaired) electrons. The predicted molar refractivity (Wildman–Crippen MR) is 120 cm³/mol. The predicted octanol–water partition coefficient (Wildman–Crippen LogP) is 2.90. The van der Waals surface area contributed by atoms with Crippen LogP contribution in [0.25, 0.3) is 0 Å². The van der Waals surface area contributed by atoms with Crippen LogP contribution in [0, 0.1) is 0 Å². The Hall–Kier alpha value is -2.15. The molecule has 1 aliphatic rings. The number of nitrogens with zero attached hydrogens (tertiary/aromatic N) is 1. The number of amides is 1. The van der Waals surface area contributed by atoms with Crippen LogP contribution in [-0.2, 0) is 4.43 Å². The van der Waals surface area contributed by atoms with Crippen molar-refractivity contribution in [2.45, 2.75) is 38.3 Å². The zero-order valence-electron chi connectivity index (χ0n) is 17.6. The summed E-state index contributed by atoms with van der Waals surface area (Å²) in [5.74, 6) is 0. The van der Waals surface area contributed by atoms with Crippen molar-refractivity contribution in [3.8, 4) is 0 Å². The average Bonchev–Trinajstić information content (AvgIpc) is 2.72. The number of rotatable bonds is 6. The fraction of sp³-hybridized carbons (Fsp3) is 0.435. The van der Waals surface area contributed by atoms with Crippen LogP contribution in [0.2, 0.25) is 5.04 Å². The summed E-state index contributed by atoms with van der Waals surface area (Å²) in [5, 5.41) is 15.2. The molecule has 0 saturated carbocycles. The van der Waals surface area contributed by atoms with Crippen molar-refractivity contribution in [2.75, 3.05) is 26.2 Å². The summed E-state index contributed by atoms with van der Waals surface area (Å²) in [6.45, 7) is 9.15. The van der Waals surface area contributed by atoms with Gasteiger partial charge in [0.1, 0.15) is 0 Å². The zero-order chi connectivity index (χ0) is 20.9. The number of nitrogens with one attached hydrogen (secondary N) is 1. The lowest BCUT2D eigenvalue weighted by molar-refractivity contribution is 0.124. The first kappa shape index (κ1) is 21.6. The molecule has 0 bridgehead atoms. The van der Waals surface area contributed by atoms with Crippen LogP contribution < -0.4 is 15.7 Å². The fourth-order valence-corrected chi connectivity index (χ4v) is 8.89. The molecule has 1 fully saturated rings. The van der Waals surface area contributed by atoms with Crippen molar-refractivity contribution in [3.63, 3.8) is 0 Å². The largest absolute Gasteiger partial charge is 0.465 e. The van der Waals surface area contributed by atoms with Crippen LogP contribution in [0.15, 0.2) is 60.7 Å². The Bertz CT molecular complexity index is 753. The van der Waals surface area contributed by atoms with Crippen molar-refractivity contribution >= 4 is 24.8 Å². The molecular formula is C23H32N2O3Si. The minimum atomic E-state index is -2.53. The Morgan fingerprint density at radius 1 is 1.10 bits per heavy atom. The standard InChI is InChI=1S/C23H32N2O3Si/c1-23(2,3)29(20-10-6-4-7-11-20,21-12-8-5-9-13-21)28-17-14-19-18-25(22(26)27)16-15-24-19/h4-13,19,24H,14-18H2,1-3H3,(H,26,27). The molecule has 1 aliphatic heterocycles. The smallest absolute Gasteiger partial charge is 0.407 e. The molecule has 29 heavy (non-hydrogen) atoms. The van der Waals surface area contributed by atoms with E-state index in [2.05, 4.69) is 74.6 Å². The van der Waals surface area contributed by atoms with Gasteiger partial charge < -0.3 is 19.7 Å². The first-order valence-corrected chi connectivity index (χ1v) is 12.2. The first-order valence-electron chi connectivity index (χ1n) is 10.3. The Balaban J connectivity index is 1.85. The van der Waals surface area contributed by atoms with Crippen LogP contribution in [-0.4, -0.2) is 56.7 Å². The van der Waals surface area contributed by atoms with Crippen LogP contribution in [0.5, 0.6) is 0 Å². The van der Waals surface area contributed by atoms with E-state index in [0.717, 1.165) is 6.42 Å². The van der Waals surface area contributed by atoms with Crippen molar-refractivity contribution in [1.29, 1.82) is 0 Å². The summed E-state index contributed by atoms with van der Waals surface area (Å²) >= 11 is 0. The molecule has 1 amide bonds. The number of carboxylic acid groups (broad SMARTS) is 1. The van der Waals surface area contributed by atoms with E-state index in [1.807, 2.05) is 12.1 Å². The lowest BCUT2D eigenvalue weighted by atomic mass is 10.1. The number of piperazine rings is 1. The summed E-state index contributed by atoms with van der Waals surface area (Å²) in [6, 6.07) is 21.3. The van der Waals surface area contributed by atoms with E-state index in [1.165, 1.54) is 15.3 Å². The van der Waals surface area contributed by atoms with Gasteiger partial charge in [0.2, 0.25) is 0 Å². The molecular weight excluding hydrogens is 380 g/mol. The third-order valence-corrected chi connectivity index (χ3v) is 10.8. The molecule has 0 aliphatic carbocycles. The van der Waals surface area contributed by atoms with Crippen LogP contribution in [0.1, 0.15) is 27.2 Å². The monoisotopic (exact) mass is 412 g/mol. The molecule has 0 spiro atoms. The lowest BCUT2D eigenvalue weighted by Gasteiger charge is -2.43. The maximum Gasteiger partial charge on any atom is 0.407 e. The zero-order valence-corrected chi connectivity index (χ0v) is 18.6. The minimum Gasteiger partial charge on any atom is -0.465 e. The van der Waals surface area contributed by atoms with E-state index >= 15 is 0 Å². The fourth-order valence-electron chi connectivity index (χ4n) is 4.31. The highest BCUT2D eigenvalue weighted by molar-refractivity contribution is 6.99. The third kappa shape index (κ3) is 4.71. The Morgan fingerprint density at radius 2 is 1.66 bits per heavy atom. The normalized spacial score (nSPS) is 17.9. The highest BCUT2D eigenvalue weighted by Gasteiger charge is 2.50. The van der Waals surface area contributed by atoms with Crippen molar-refractivity contribution in [3.05, 3.63) is 60.7 Å². The molecule has 2 aromatic rings. The van der Waals surface area contributed by atoms with Crippen LogP contribution in [0.4, 0.5) is 4.79 Å². The highest BCUT2D eigenvalue weighted by atomic mass is 28.4. The maximum absolute atomic E-state index is 11.3. The average molecular weight is 413 g/mol. The summed E-state index contributed by atoms with van der Waals surface area (Å²) < 4.78 is 6.90. The lowest BCUT2D eigenvalue weighted by Crippen LogP contribution is -2.66. The Labute approximate surface area is 174 Å². The van der Waals surface area contributed by atoms with Gasteiger partial charge in [-0.15, -0.1) is 0 Å². The molecule has 156 valence electrons. The van der Waals surface area contributed by atoms with E-state index in [9.17, 15) is 9.90 Å². The Kier molecular flexibility index (Phi) is 6.77. The molecule has 3 rings (SSSR count). The SMILES string of the molecule is CC(C)(C)[Si](OCCC1CN(C(=O)O)CCN1)(c1ccccc1)c1ccccc1. The summed E-state index contributed by atoms with van der Waals surface area (Å²) in [4.78, 5) is 12.8. The van der Waals surface area contributed by atoms with Gasteiger partial charge in [-0.05, 0) is 21.8 Å². The topological polar surface area (TPSA) is 61.8 Å². The van der Waals surface area contributed by atoms with Gasteiger partial charge in [0.15, 0.2) is 0 Å². The van der Waals surface area contributed by atoms with Gasteiger partial charge in [0.05, 0.1) is 0 Å². The van der Waals surface area contributed by atoms with Gasteiger partial charge >= 0.3 is 6.09 Å². The minimum absolute atomic E-state index is 0.0528. The number of hydrogen-bond acceptors (Lipinski definition) is 3. The van der Waals surface area contributed by atoms with E-state index < -0.39 is 14.4 Å². The second kappa shape index (κ2) is 9.11. The highest BCUT2D eigenvalue weighted by Crippen LogP contribution is 2.36. The quantitative estimate of drug-likeness (QED) is 0.716. The summed E-state index contributed by atoms with van der Waals surface area (Å²) in [5.41, 5.74) is 0. The van der Waals surface area contributed by atoms with Gasteiger partial charge in [0, 0.05) is 32.3 Å². The van der Waals surface area contributed by atoms with E-state index in [-0.39, 0.29) is 11.1 Å². The second-order valence-corrected chi connectivity index (χ2v) is 13.0. The molecule has 6 heteroatoms. The van der Waals surface area contributed by atoms with E-state index in [1.54, 1.807) is 0 Å². The molecule has 5 nitrogen and oxygen atoms in total. The molecule has 0 aromatic heterocycles. The molecule has 2 N–H and O–H groups in total. The van der Waals surface area contributed by atoms with E-state index in [0.29, 0.717) is 26.2 Å². The van der Waals surface area contributed by atoms with E-state index in [4.69, 9.17) is 4.43 Å². The Morgan fingerprint density at radius 3 is 2.14 bits per heavy atom. The van der Waals surface area contributed by atoms with Gasteiger partial charge in [0.25, 0.3) is 8.32 Å². The third-order valence-electron chi connectivity index (χ3n) is 5.73. The summed E-state index contributed by atoms with van der Waals surface area (Å²) in [6.07, 6.45) is -0.0572. The number of carbonyl (C=O) groups is 1. The number of hydrogen-bond donors (Lipinski definition) is 2. The molecule has 1 atom stereocenters. The van der Waals surface area contributed by atoms with Crippen molar-refractivity contribution in [1.82, 2.24) is 10.2 Å². The van der Waals surface area contributed by atoms with Crippen molar-refractivity contribution in [2.24, 2.45) is 0 Å². The maximum atomic E-state index is 11.3. The van der Waals surface area contributed by atoms with Crippen LogP contribution >= 0.6 is 0 Å². The molecule has 1 saturated heterocycles. The summed E-state index contributed by atoms with van der Waals surface area (Å²) in [7, 11) is -2.53. The van der Waals surface area contributed by atoms with Crippen molar-refractivity contribution < 1.29 is 14.3 Å². The second-order valence-electron chi connectivity index (χ2n) is 8.68. The molecule has 2 aromatic carbocycles. The van der Waals surface area contributed by atoms with Crippen LogP contribution in [0.3, 0.4) is 0 Å². The number of benzene rings is 2. The van der Waals surface area contributed by atoms with Gasteiger partial charge in [-0.1, -0.05) is 81.4 Å².